The normalized spacial score (nSPS) is 17.5. The zero-order chi connectivity index (χ0) is 16.9. The molecular formula is C17H18FN3O3. The Morgan fingerprint density at radius 1 is 1.33 bits per heavy atom. The van der Waals surface area contributed by atoms with Gasteiger partial charge < -0.3 is 19.9 Å². The van der Waals surface area contributed by atoms with Crippen molar-refractivity contribution in [3.8, 4) is 0 Å². The van der Waals surface area contributed by atoms with E-state index in [0.29, 0.717) is 26.2 Å². The van der Waals surface area contributed by atoms with Crippen LogP contribution in [0.4, 0.5) is 10.1 Å². The molecule has 1 fully saturated rings. The van der Waals surface area contributed by atoms with Crippen LogP contribution in [0.15, 0.2) is 47.4 Å². The van der Waals surface area contributed by atoms with E-state index in [4.69, 9.17) is 4.74 Å². The lowest BCUT2D eigenvalue weighted by molar-refractivity contribution is -0.128. The minimum atomic E-state index is -0.607. The summed E-state index contributed by atoms with van der Waals surface area (Å²) in [7, 11) is 0. The molecule has 0 radical (unpaired) electrons. The fourth-order valence-corrected chi connectivity index (χ4v) is 2.49. The second-order valence-electron chi connectivity index (χ2n) is 5.53. The molecule has 1 aliphatic rings. The number of carbonyl (C=O) groups is 1. The number of benzene rings is 1. The molecule has 2 aromatic rings. The van der Waals surface area contributed by atoms with Gasteiger partial charge in [-0.25, -0.2) is 4.39 Å². The first-order valence-corrected chi connectivity index (χ1v) is 7.70. The highest BCUT2D eigenvalue weighted by molar-refractivity contribution is 5.94. The summed E-state index contributed by atoms with van der Waals surface area (Å²) in [5, 5.41) is 5.68. The van der Waals surface area contributed by atoms with Gasteiger partial charge >= 0.3 is 0 Å². The van der Waals surface area contributed by atoms with Crippen LogP contribution in [0.5, 0.6) is 0 Å². The van der Waals surface area contributed by atoms with Crippen LogP contribution in [0.3, 0.4) is 0 Å². The van der Waals surface area contributed by atoms with Crippen molar-refractivity contribution in [3.05, 3.63) is 64.3 Å². The second-order valence-corrected chi connectivity index (χ2v) is 5.53. The number of carbonyl (C=O) groups excluding carboxylic acids is 1. The maximum Gasteiger partial charge on any atom is 0.274 e. The van der Waals surface area contributed by atoms with Gasteiger partial charge in [-0.2, -0.15) is 0 Å². The van der Waals surface area contributed by atoms with Crippen LogP contribution >= 0.6 is 0 Å². The average molecular weight is 331 g/mol. The number of rotatable bonds is 4. The highest BCUT2D eigenvalue weighted by Crippen LogP contribution is 2.07. The maximum atomic E-state index is 13.0. The topological polar surface area (TPSA) is 72.4 Å². The third-order valence-corrected chi connectivity index (χ3v) is 3.76. The van der Waals surface area contributed by atoms with E-state index in [0.717, 1.165) is 5.56 Å². The summed E-state index contributed by atoms with van der Waals surface area (Å²) in [6, 6.07) is 9.17. The largest absolute Gasteiger partial charge is 0.366 e. The Bertz CT molecular complexity index is 767. The van der Waals surface area contributed by atoms with E-state index in [1.807, 2.05) is 0 Å². The Balaban J connectivity index is 1.74. The van der Waals surface area contributed by atoms with Gasteiger partial charge in [0.1, 0.15) is 17.6 Å². The molecule has 2 heterocycles. The van der Waals surface area contributed by atoms with Gasteiger partial charge in [0.05, 0.1) is 13.2 Å². The third kappa shape index (κ3) is 3.87. The first-order chi connectivity index (χ1) is 11.6. The standard InChI is InChI=1S/C17H18FN3O3/c18-13-5-3-12(4-6-13)11-21-8-1-2-14(17(21)23)20-16(22)15-10-19-7-9-24-15/h1-6,8,15,19H,7,9-11H2,(H,20,22). The van der Waals surface area contributed by atoms with E-state index >= 15 is 0 Å². The first-order valence-electron chi connectivity index (χ1n) is 7.70. The van der Waals surface area contributed by atoms with E-state index in [-0.39, 0.29) is 23.0 Å². The Morgan fingerprint density at radius 2 is 2.12 bits per heavy atom. The zero-order valence-corrected chi connectivity index (χ0v) is 13.0. The number of halogens is 1. The quantitative estimate of drug-likeness (QED) is 0.875. The first kappa shape index (κ1) is 16.4. The summed E-state index contributed by atoms with van der Waals surface area (Å²) < 4.78 is 19.8. The van der Waals surface area contributed by atoms with Gasteiger partial charge in [-0.15, -0.1) is 0 Å². The van der Waals surface area contributed by atoms with E-state index in [1.165, 1.54) is 16.7 Å². The monoisotopic (exact) mass is 331 g/mol. The van der Waals surface area contributed by atoms with Crippen molar-refractivity contribution < 1.29 is 13.9 Å². The molecule has 126 valence electrons. The minimum Gasteiger partial charge on any atom is -0.366 e. The average Bonchev–Trinajstić information content (AvgIpc) is 2.61. The molecule has 0 spiro atoms. The van der Waals surface area contributed by atoms with Crippen molar-refractivity contribution in [3.63, 3.8) is 0 Å². The van der Waals surface area contributed by atoms with E-state index in [1.54, 1.807) is 30.5 Å². The van der Waals surface area contributed by atoms with Gasteiger partial charge in [0, 0.05) is 19.3 Å². The Labute approximate surface area is 138 Å². The number of morpholine rings is 1. The Morgan fingerprint density at radius 3 is 2.83 bits per heavy atom. The van der Waals surface area contributed by atoms with E-state index in [2.05, 4.69) is 10.6 Å². The number of amides is 1. The fraction of sp³-hybridized carbons (Fsp3) is 0.294. The molecule has 0 saturated carbocycles. The predicted molar refractivity (Wildman–Crippen MR) is 87.4 cm³/mol. The van der Waals surface area contributed by atoms with E-state index < -0.39 is 6.10 Å². The van der Waals surface area contributed by atoms with Crippen molar-refractivity contribution >= 4 is 11.6 Å². The van der Waals surface area contributed by atoms with E-state index in [9.17, 15) is 14.0 Å². The number of nitrogens with one attached hydrogen (secondary N) is 2. The SMILES string of the molecule is O=C(Nc1cccn(Cc2ccc(F)cc2)c1=O)C1CNCCO1. The van der Waals surface area contributed by atoms with Crippen LogP contribution in [0, 0.1) is 5.82 Å². The molecule has 1 aromatic carbocycles. The lowest BCUT2D eigenvalue weighted by atomic mass is 10.2. The molecule has 0 aliphatic carbocycles. The number of pyridine rings is 1. The zero-order valence-electron chi connectivity index (χ0n) is 13.0. The molecule has 2 N–H and O–H groups in total. The fourth-order valence-electron chi connectivity index (χ4n) is 2.49. The number of ether oxygens (including phenoxy) is 1. The van der Waals surface area contributed by atoms with Crippen LogP contribution in [0.2, 0.25) is 0 Å². The number of hydrogen-bond acceptors (Lipinski definition) is 4. The Kier molecular flexibility index (Phi) is 5.02. The third-order valence-electron chi connectivity index (χ3n) is 3.76. The second kappa shape index (κ2) is 7.37. The molecule has 0 bridgehead atoms. The Hall–Kier alpha value is -2.51. The number of hydrogen-bond donors (Lipinski definition) is 2. The summed E-state index contributed by atoms with van der Waals surface area (Å²) in [6.07, 6.45) is 1.02. The predicted octanol–water partition coefficient (Wildman–Crippen LogP) is 0.963. The minimum absolute atomic E-state index is 0.193. The summed E-state index contributed by atoms with van der Waals surface area (Å²) in [5.74, 6) is -0.674. The van der Waals surface area contributed by atoms with Crippen molar-refractivity contribution in [2.75, 3.05) is 25.0 Å². The number of anilines is 1. The molecular weight excluding hydrogens is 313 g/mol. The molecule has 6 nitrogen and oxygen atoms in total. The van der Waals surface area contributed by atoms with Crippen molar-refractivity contribution in [1.29, 1.82) is 0 Å². The van der Waals surface area contributed by atoms with Gasteiger partial charge in [0.25, 0.3) is 11.5 Å². The lowest BCUT2D eigenvalue weighted by Gasteiger charge is -2.22. The number of aromatic nitrogens is 1. The van der Waals surface area contributed by atoms with Crippen molar-refractivity contribution in [2.45, 2.75) is 12.6 Å². The highest BCUT2D eigenvalue weighted by atomic mass is 19.1. The molecule has 1 saturated heterocycles. The van der Waals surface area contributed by atoms with Gasteiger partial charge in [0.15, 0.2) is 0 Å². The molecule has 1 amide bonds. The van der Waals surface area contributed by atoms with Gasteiger partial charge in [-0.3, -0.25) is 9.59 Å². The van der Waals surface area contributed by atoms with Crippen molar-refractivity contribution in [2.24, 2.45) is 0 Å². The highest BCUT2D eigenvalue weighted by Gasteiger charge is 2.22. The summed E-state index contributed by atoms with van der Waals surface area (Å²) in [4.78, 5) is 24.6. The van der Waals surface area contributed by atoms with Crippen LogP contribution in [-0.4, -0.2) is 36.3 Å². The molecule has 3 rings (SSSR count). The van der Waals surface area contributed by atoms with Crippen LogP contribution in [0.25, 0.3) is 0 Å². The van der Waals surface area contributed by atoms with Gasteiger partial charge in [-0.1, -0.05) is 12.1 Å². The van der Waals surface area contributed by atoms with Crippen LogP contribution in [0.1, 0.15) is 5.56 Å². The molecule has 1 aliphatic heterocycles. The van der Waals surface area contributed by atoms with Gasteiger partial charge in [-0.05, 0) is 29.8 Å². The van der Waals surface area contributed by atoms with Crippen LogP contribution < -0.4 is 16.2 Å². The molecule has 1 aromatic heterocycles. The molecule has 7 heteroatoms. The van der Waals surface area contributed by atoms with Crippen LogP contribution in [-0.2, 0) is 16.1 Å². The molecule has 1 unspecified atom stereocenters. The number of nitrogens with zero attached hydrogens (tertiary/aromatic N) is 1. The molecule has 24 heavy (non-hydrogen) atoms. The summed E-state index contributed by atoms with van der Waals surface area (Å²) >= 11 is 0. The smallest absolute Gasteiger partial charge is 0.274 e. The van der Waals surface area contributed by atoms with Gasteiger partial charge in [0.2, 0.25) is 0 Å². The molecule has 1 atom stereocenters. The lowest BCUT2D eigenvalue weighted by Crippen LogP contribution is -2.46. The maximum absolute atomic E-state index is 13.0. The summed E-state index contributed by atoms with van der Waals surface area (Å²) in [5.41, 5.74) is 0.666. The summed E-state index contributed by atoms with van der Waals surface area (Å²) in [6.45, 7) is 1.88. The van der Waals surface area contributed by atoms with Crippen molar-refractivity contribution in [1.82, 2.24) is 9.88 Å².